The molecule has 1 saturated carbocycles. The van der Waals surface area contributed by atoms with Gasteiger partial charge in [-0.2, -0.15) is 0 Å². The second kappa shape index (κ2) is 10.8. The number of aromatic nitrogens is 2. The number of aromatic carboxylic acids is 1. The first-order chi connectivity index (χ1) is 19.7. The Hall–Kier alpha value is -3.91. The number of nitrogens with zero attached hydrogens (tertiary/aromatic N) is 1. The highest BCUT2D eigenvalue weighted by Crippen LogP contribution is 2.42. The fourth-order valence-electron chi connectivity index (χ4n) is 5.01. The maximum absolute atomic E-state index is 14.0. The minimum Gasteiger partial charge on any atom is -0.478 e. The van der Waals surface area contributed by atoms with Crippen molar-refractivity contribution in [2.24, 2.45) is 5.92 Å². The van der Waals surface area contributed by atoms with Crippen LogP contribution in [0.25, 0.3) is 33.5 Å². The van der Waals surface area contributed by atoms with Gasteiger partial charge in [0.1, 0.15) is 11.6 Å². The van der Waals surface area contributed by atoms with Crippen molar-refractivity contribution >= 4 is 57.7 Å². The molecular formula is C31H21Cl3FN3O3. The molecule has 4 aromatic carbocycles. The molecule has 6 nitrogen and oxygen atoms in total. The molecule has 1 fully saturated rings. The Balaban J connectivity index is 1.39. The summed E-state index contributed by atoms with van der Waals surface area (Å²) in [5.41, 5.74) is 3.10. The number of H-pyrrole nitrogens is 1. The molecule has 206 valence electrons. The van der Waals surface area contributed by atoms with Crippen molar-refractivity contribution in [3.63, 3.8) is 0 Å². The van der Waals surface area contributed by atoms with E-state index in [1.807, 2.05) is 12.1 Å². The highest BCUT2D eigenvalue weighted by Gasteiger charge is 2.34. The van der Waals surface area contributed by atoms with Crippen LogP contribution >= 0.6 is 34.8 Å². The second-order valence-corrected chi connectivity index (χ2v) is 11.2. The molecule has 1 heterocycles. The summed E-state index contributed by atoms with van der Waals surface area (Å²) in [5, 5.41) is 14.1. The van der Waals surface area contributed by atoms with Gasteiger partial charge in [0.2, 0.25) is 0 Å². The van der Waals surface area contributed by atoms with Crippen LogP contribution in [0, 0.1) is 11.7 Å². The Labute approximate surface area is 249 Å². The molecule has 0 aliphatic heterocycles. The number of carbonyl (C=O) groups is 2. The second-order valence-electron chi connectivity index (χ2n) is 9.94. The van der Waals surface area contributed by atoms with Gasteiger partial charge in [0.15, 0.2) is 0 Å². The van der Waals surface area contributed by atoms with Gasteiger partial charge in [-0.3, -0.25) is 4.79 Å². The number of amides is 1. The Morgan fingerprint density at radius 2 is 1.71 bits per heavy atom. The number of carboxylic acid groups (broad SMARTS) is 1. The van der Waals surface area contributed by atoms with Gasteiger partial charge in [0, 0.05) is 32.8 Å². The van der Waals surface area contributed by atoms with Gasteiger partial charge in [-0.15, -0.1) is 0 Å². The van der Waals surface area contributed by atoms with Crippen LogP contribution < -0.4 is 5.32 Å². The van der Waals surface area contributed by atoms with Crippen LogP contribution in [0.3, 0.4) is 0 Å². The average Bonchev–Trinajstić information content (AvgIpc) is 3.72. The van der Waals surface area contributed by atoms with E-state index in [4.69, 9.17) is 34.8 Å². The number of hydrogen-bond donors (Lipinski definition) is 3. The predicted octanol–water partition coefficient (Wildman–Crippen LogP) is 8.58. The molecule has 6 rings (SSSR count). The van der Waals surface area contributed by atoms with Gasteiger partial charge >= 0.3 is 5.97 Å². The molecule has 5 aromatic rings. The summed E-state index contributed by atoms with van der Waals surface area (Å²) in [5.74, 6) is -1.55. The topological polar surface area (TPSA) is 95.1 Å². The fourth-order valence-corrected chi connectivity index (χ4v) is 5.57. The number of imidazole rings is 1. The number of rotatable bonds is 7. The lowest BCUT2D eigenvalue weighted by Gasteiger charge is -2.20. The monoisotopic (exact) mass is 607 g/mol. The SMILES string of the molecule is O=C(NC(c1ccc(Cl)cc1)C1CC1)c1ccc(-c2c(Cl)cccc2-c2nc3cc(Cl)c(F)cc3[nH]2)c(C(=O)O)c1. The highest BCUT2D eigenvalue weighted by molar-refractivity contribution is 6.34. The fraction of sp³-hybridized carbons (Fsp3) is 0.129. The van der Waals surface area contributed by atoms with Gasteiger partial charge in [-0.25, -0.2) is 14.2 Å². The van der Waals surface area contributed by atoms with E-state index < -0.39 is 11.8 Å². The lowest BCUT2D eigenvalue weighted by molar-refractivity contribution is 0.0697. The molecule has 0 spiro atoms. The zero-order valence-corrected chi connectivity index (χ0v) is 23.5. The van der Waals surface area contributed by atoms with E-state index in [0.29, 0.717) is 44.5 Å². The first-order valence-electron chi connectivity index (χ1n) is 12.8. The minimum absolute atomic E-state index is 0.0658. The smallest absolute Gasteiger partial charge is 0.336 e. The summed E-state index contributed by atoms with van der Waals surface area (Å²) in [6.07, 6.45) is 1.98. The summed E-state index contributed by atoms with van der Waals surface area (Å²) in [7, 11) is 0. The van der Waals surface area contributed by atoms with Crippen LogP contribution in [0.4, 0.5) is 4.39 Å². The van der Waals surface area contributed by atoms with Crippen LogP contribution in [0.5, 0.6) is 0 Å². The molecule has 0 saturated heterocycles. The van der Waals surface area contributed by atoms with Crippen LogP contribution in [0.2, 0.25) is 15.1 Å². The Kier molecular flexibility index (Phi) is 7.20. The summed E-state index contributed by atoms with van der Waals surface area (Å²) in [6, 6.07) is 19.3. The molecule has 1 unspecified atom stereocenters. The number of fused-ring (bicyclic) bond motifs is 1. The number of halogens is 4. The number of nitrogens with one attached hydrogen (secondary N) is 2. The number of hydrogen-bond acceptors (Lipinski definition) is 3. The zero-order chi connectivity index (χ0) is 28.8. The number of carbonyl (C=O) groups excluding carboxylic acids is 1. The van der Waals surface area contributed by atoms with Crippen LogP contribution in [0.1, 0.15) is 45.2 Å². The molecule has 1 atom stereocenters. The third-order valence-corrected chi connectivity index (χ3v) is 8.04. The van der Waals surface area contributed by atoms with Crippen molar-refractivity contribution in [3.8, 4) is 22.5 Å². The number of carboxylic acids is 1. The van der Waals surface area contributed by atoms with Gasteiger partial charge < -0.3 is 15.4 Å². The molecule has 1 aliphatic rings. The quantitative estimate of drug-likeness (QED) is 0.172. The van der Waals surface area contributed by atoms with Gasteiger partial charge in [-0.05, 0) is 66.3 Å². The van der Waals surface area contributed by atoms with Crippen molar-refractivity contribution in [2.45, 2.75) is 18.9 Å². The van der Waals surface area contributed by atoms with E-state index in [1.54, 1.807) is 42.5 Å². The molecule has 1 aliphatic carbocycles. The van der Waals surface area contributed by atoms with Gasteiger partial charge in [0.05, 0.1) is 27.7 Å². The maximum Gasteiger partial charge on any atom is 0.336 e. The Morgan fingerprint density at radius 3 is 2.41 bits per heavy atom. The van der Waals surface area contributed by atoms with E-state index in [0.717, 1.165) is 18.4 Å². The van der Waals surface area contributed by atoms with Crippen molar-refractivity contribution in [1.29, 1.82) is 0 Å². The minimum atomic E-state index is -1.23. The largest absolute Gasteiger partial charge is 0.478 e. The average molecular weight is 609 g/mol. The number of aromatic amines is 1. The standard InChI is InChI=1S/C31H21Cl3FN3O3/c32-18-9-6-16(7-10-18)28(15-4-5-15)38-30(39)17-8-11-19(21(12-17)31(40)41)27-20(2-1-3-22(27)33)29-36-25-13-23(34)24(35)14-26(25)37-29/h1-3,6-15,28H,4-5H2,(H,36,37)(H,38,39)(H,40,41). The van der Waals surface area contributed by atoms with E-state index in [1.165, 1.54) is 18.2 Å². The summed E-state index contributed by atoms with van der Waals surface area (Å²) >= 11 is 18.6. The molecular weight excluding hydrogens is 588 g/mol. The molecule has 0 bridgehead atoms. The molecule has 41 heavy (non-hydrogen) atoms. The van der Waals surface area contributed by atoms with Crippen molar-refractivity contribution < 1.29 is 19.1 Å². The molecule has 0 radical (unpaired) electrons. The van der Waals surface area contributed by atoms with E-state index in [9.17, 15) is 19.1 Å². The molecule has 10 heteroatoms. The van der Waals surface area contributed by atoms with E-state index in [2.05, 4.69) is 15.3 Å². The normalized spacial score (nSPS) is 13.8. The van der Waals surface area contributed by atoms with Gasteiger partial charge in [-0.1, -0.05) is 65.1 Å². The van der Waals surface area contributed by atoms with Crippen LogP contribution in [0.15, 0.2) is 72.8 Å². The van der Waals surface area contributed by atoms with Crippen LogP contribution in [-0.4, -0.2) is 27.0 Å². The lowest BCUT2D eigenvalue weighted by Crippen LogP contribution is -2.30. The molecule has 1 amide bonds. The Morgan fingerprint density at radius 1 is 0.951 bits per heavy atom. The summed E-state index contributed by atoms with van der Waals surface area (Å²) in [4.78, 5) is 33.4. The van der Waals surface area contributed by atoms with Crippen LogP contribution in [-0.2, 0) is 0 Å². The first kappa shape index (κ1) is 27.3. The zero-order valence-electron chi connectivity index (χ0n) is 21.2. The summed E-state index contributed by atoms with van der Waals surface area (Å²) in [6.45, 7) is 0. The van der Waals surface area contributed by atoms with E-state index >= 15 is 0 Å². The number of benzene rings is 4. The Bertz CT molecular complexity index is 1800. The molecule has 1 aromatic heterocycles. The van der Waals surface area contributed by atoms with Gasteiger partial charge in [0.25, 0.3) is 5.91 Å². The third-order valence-electron chi connectivity index (χ3n) is 7.18. The lowest BCUT2D eigenvalue weighted by atomic mass is 9.93. The third kappa shape index (κ3) is 5.40. The van der Waals surface area contributed by atoms with Crippen molar-refractivity contribution in [1.82, 2.24) is 15.3 Å². The predicted molar refractivity (Wildman–Crippen MR) is 158 cm³/mol. The van der Waals surface area contributed by atoms with Crippen molar-refractivity contribution in [3.05, 3.63) is 110 Å². The van der Waals surface area contributed by atoms with E-state index in [-0.39, 0.29) is 33.1 Å². The first-order valence-corrected chi connectivity index (χ1v) is 13.9. The highest BCUT2D eigenvalue weighted by atomic mass is 35.5. The maximum atomic E-state index is 14.0. The molecule has 3 N–H and O–H groups in total. The summed E-state index contributed by atoms with van der Waals surface area (Å²) < 4.78 is 14.0. The van der Waals surface area contributed by atoms with Crippen molar-refractivity contribution in [2.75, 3.05) is 0 Å².